The fourth-order valence-corrected chi connectivity index (χ4v) is 2.03. The van der Waals surface area contributed by atoms with Gasteiger partial charge in [0.25, 0.3) is 0 Å². The van der Waals surface area contributed by atoms with Crippen molar-refractivity contribution in [3.8, 4) is 0 Å². The number of likely N-dealkylation sites (tertiary alicyclic amines) is 1. The zero-order valence-electron chi connectivity index (χ0n) is 10.1. The van der Waals surface area contributed by atoms with Crippen molar-refractivity contribution in [1.29, 1.82) is 0 Å². The molecule has 2 heterocycles. The molecule has 17 heavy (non-hydrogen) atoms. The quantitative estimate of drug-likeness (QED) is 0.717. The Morgan fingerprint density at radius 3 is 2.82 bits per heavy atom. The fourth-order valence-electron chi connectivity index (χ4n) is 2.03. The Balaban J connectivity index is 1.82. The first-order chi connectivity index (χ1) is 8.29. The van der Waals surface area contributed by atoms with Gasteiger partial charge in [-0.15, -0.1) is 5.10 Å². The van der Waals surface area contributed by atoms with Gasteiger partial charge in [-0.3, -0.25) is 4.68 Å². The van der Waals surface area contributed by atoms with Gasteiger partial charge < -0.3 is 9.64 Å². The Labute approximate surface area is 101 Å². The number of hydrogen-bond acceptors (Lipinski definition) is 5. The van der Waals surface area contributed by atoms with Crippen molar-refractivity contribution in [1.82, 2.24) is 19.9 Å². The molecule has 0 aliphatic carbocycles. The first-order valence-corrected chi connectivity index (χ1v) is 6.00. The number of ether oxygens (including phenoxy) is 1. The van der Waals surface area contributed by atoms with Crippen LogP contribution in [0.25, 0.3) is 0 Å². The van der Waals surface area contributed by atoms with E-state index in [9.17, 15) is 4.79 Å². The Kier molecular flexibility index (Phi) is 4.08. The minimum atomic E-state index is -0.436. The zero-order valence-corrected chi connectivity index (χ0v) is 10.1. The molecule has 94 valence electrons. The van der Waals surface area contributed by atoms with Crippen molar-refractivity contribution in [2.45, 2.75) is 25.8 Å². The fraction of sp³-hybridized carbons (Fsp3) is 0.727. The molecule has 0 amide bonds. The number of esters is 1. The predicted molar refractivity (Wildman–Crippen MR) is 61.7 cm³/mol. The van der Waals surface area contributed by atoms with E-state index in [4.69, 9.17) is 0 Å². The lowest BCUT2D eigenvalue weighted by molar-refractivity contribution is 0.0594. The highest BCUT2D eigenvalue weighted by molar-refractivity contribution is 5.86. The largest absolute Gasteiger partial charge is 0.464 e. The van der Waals surface area contributed by atoms with E-state index >= 15 is 0 Å². The molecule has 0 saturated carbocycles. The molecule has 1 saturated heterocycles. The number of carbonyl (C=O) groups is 1. The Bertz CT molecular complexity index is 371. The highest BCUT2D eigenvalue weighted by Crippen LogP contribution is 2.08. The minimum absolute atomic E-state index is 0.270. The van der Waals surface area contributed by atoms with E-state index in [1.165, 1.54) is 39.5 Å². The summed E-state index contributed by atoms with van der Waals surface area (Å²) in [6.07, 6.45) is 5.54. The molecule has 0 bridgehead atoms. The molecular weight excluding hydrogens is 220 g/mol. The SMILES string of the molecule is COC(=O)c1cn(CCN2CCCCC2)nn1. The first kappa shape index (κ1) is 12.0. The van der Waals surface area contributed by atoms with Crippen LogP contribution < -0.4 is 0 Å². The van der Waals surface area contributed by atoms with Crippen molar-refractivity contribution in [2.24, 2.45) is 0 Å². The van der Waals surface area contributed by atoms with Gasteiger partial charge in [-0.1, -0.05) is 11.6 Å². The standard InChI is InChI=1S/C11H18N4O2/c1-17-11(16)10-9-15(13-12-10)8-7-14-5-3-2-4-6-14/h9H,2-8H2,1H3. The molecule has 1 fully saturated rings. The normalized spacial score (nSPS) is 17.0. The first-order valence-electron chi connectivity index (χ1n) is 6.00. The monoisotopic (exact) mass is 238 g/mol. The van der Waals surface area contributed by atoms with Crippen LogP contribution in [-0.4, -0.2) is 52.6 Å². The molecule has 6 nitrogen and oxygen atoms in total. The molecule has 1 aromatic rings. The van der Waals surface area contributed by atoms with Gasteiger partial charge in [0.2, 0.25) is 0 Å². The minimum Gasteiger partial charge on any atom is -0.464 e. The molecule has 0 aromatic carbocycles. The molecule has 0 unspecified atom stereocenters. The van der Waals surface area contributed by atoms with Crippen LogP contribution in [0.15, 0.2) is 6.20 Å². The van der Waals surface area contributed by atoms with Crippen LogP contribution in [0.5, 0.6) is 0 Å². The second-order valence-electron chi connectivity index (χ2n) is 4.26. The molecular formula is C11H18N4O2. The van der Waals surface area contributed by atoms with E-state index in [1.807, 2.05) is 0 Å². The highest BCUT2D eigenvalue weighted by Gasteiger charge is 2.12. The Morgan fingerprint density at radius 2 is 2.12 bits per heavy atom. The number of carbonyl (C=O) groups excluding carboxylic acids is 1. The van der Waals surface area contributed by atoms with Crippen molar-refractivity contribution in [3.63, 3.8) is 0 Å². The molecule has 1 aromatic heterocycles. The van der Waals surface area contributed by atoms with Gasteiger partial charge in [0.1, 0.15) is 0 Å². The lowest BCUT2D eigenvalue weighted by atomic mass is 10.1. The zero-order chi connectivity index (χ0) is 12.1. The van der Waals surface area contributed by atoms with Crippen LogP contribution in [0.3, 0.4) is 0 Å². The summed E-state index contributed by atoms with van der Waals surface area (Å²) in [6, 6.07) is 0. The van der Waals surface area contributed by atoms with Gasteiger partial charge in [0.05, 0.1) is 19.9 Å². The smallest absolute Gasteiger partial charge is 0.360 e. The second-order valence-corrected chi connectivity index (χ2v) is 4.26. The van der Waals surface area contributed by atoms with Gasteiger partial charge in [0, 0.05) is 6.54 Å². The summed E-state index contributed by atoms with van der Waals surface area (Å²) in [7, 11) is 1.34. The van der Waals surface area contributed by atoms with Crippen LogP contribution >= 0.6 is 0 Å². The van der Waals surface area contributed by atoms with Crippen molar-refractivity contribution >= 4 is 5.97 Å². The van der Waals surface area contributed by atoms with Gasteiger partial charge in [-0.2, -0.15) is 0 Å². The number of nitrogens with zero attached hydrogens (tertiary/aromatic N) is 4. The van der Waals surface area contributed by atoms with Crippen LogP contribution in [0.2, 0.25) is 0 Å². The third kappa shape index (κ3) is 3.26. The maximum atomic E-state index is 11.2. The maximum Gasteiger partial charge on any atom is 0.360 e. The summed E-state index contributed by atoms with van der Waals surface area (Å²) in [5.74, 6) is -0.436. The molecule has 6 heteroatoms. The highest BCUT2D eigenvalue weighted by atomic mass is 16.5. The van der Waals surface area contributed by atoms with E-state index in [0.29, 0.717) is 0 Å². The predicted octanol–water partition coefficient (Wildman–Crippen LogP) is 0.551. The van der Waals surface area contributed by atoms with E-state index in [1.54, 1.807) is 10.9 Å². The molecule has 2 rings (SSSR count). The summed E-state index contributed by atoms with van der Waals surface area (Å²) in [5, 5.41) is 7.68. The van der Waals surface area contributed by atoms with Crippen LogP contribution in [0, 0.1) is 0 Å². The average Bonchev–Trinajstić information content (AvgIpc) is 2.85. The lowest BCUT2D eigenvalue weighted by Gasteiger charge is -2.25. The van der Waals surface area contributed by atoms with Gasteiger partial charge in [0.15, 0.2) is 5.69 Å². The summed E-state index contributed by atoms with van der Waals surface area (Å²) in [4.78, 5) is 13.6. The van der Waals surface area contributed by atoms with Gasteiger partial charge in [-0.05, 0) is 25.9 Å². The molecule has 0 N–H and O–H groups in total. The van der Waals surface area contributed by atoms with E-state index in [0.717, 1.165) is 13.1 Å². The van der Waals surface area contributed by atoms with Gasteiger partial charge in [-0.25, -0.2) is 4.79 Å². The summed E-state index contributed by atoms with van der Waals surface area (Å²) in [5.41, 5.74) is 0.270. The van der Waals surface area contributed by atoms with E-state index in [-0.39, 0.29) is 5.69 Å². The Morgan fingerprint density at radius 1 is 1.35 bits per heavy atom. The number of aromatic nitrogens is 3. The topological polar surface area (TPSA) is 60.2 Å². The number of hydrogen-bond donors (Lipinski definition) is 0. The van der Waals surface area contributed by atoms with Crippen molar-refractivity contribution in [3.05, 3.63) is 11.9 Å². The van der Waals surface area contributed by atoms with Crippen molar-refractivity contribution in [2.75, 3.05) is 26.7 Å². The number of piperidine rings is 1. The van der Waals surface area contributed by atoms with Crippen molar-refractivity contribution < 1.29 is 9.53 Å². The summed E-state index contributed by atoms with van der Waals surface area (Å²) < 4.78 is 6.27. The lowest BCUT2D eigenvalue weighted by Crippen LogP contribution is -2.32. The molecule has 1 aliphatic heterocycles. The number of methoxy groups -OCH3 is 1. The van der Waals surface area contributed by atoms with E-state index in [2.05, 4.69) is 19.9 Å². The van der Waals surface area contributed by atoms with E-state index < -0.39 is 5.97 Å². The van der Waals surface area contributed by atoms with Gasteiger partial charge >= 0.3 is 5.97 Å². The molecule has 0 atom stereocenters. The molecule has 1 aliphatic rings. The second kappa shape index (κ2) is 5.77. The third-order valence-corrected chi connectivity index (χ3v) is 3.03. The number of rotatable bonds is 4. The van der Waals surface area contributed by atoms with Crippen LogP contribution in [0.4, 0.5) is 0 Å². The van der Waals surface area contributed by atoms with Crippen LogP contribution in [0.1, 0.15) is 29.8 Å². The summed E-state index contributed by atoms with van der Waals surface area (Å²) in [6.45, 7) is 4.06. The maximum absolute atomic E-state index is 11.2. The van der Waals surface area contributed by atoms with Crippen LogP contribution in [-0.2, 0) is 11.3 Å². The average molecular weight is 238 g/mol. The Hall–Kier alpha value is -1.43. The third-order valence-electron chi connectivity index (χ3n) is 3.03. The molecule has 0 spiro atoms. The summed E-state index contributed by atoms with van der Waals surface area (Å²) >= 11 is 0. The molecule has 0 radical (unpaired) electrons.